The van der Waals surface area contributed by atoms with Crippen LogP contribution < -0.4 is 5.32 Å². The quantitative estimate of drug-likeness (QED) is 0.580. The highest BCUT2D eigenvalue weighted by Crippen LogP contribution is 2.29. The lowest BCUT2D eigenvalue weighted by atomic mass is 9.94. The Morgan fingerprint density at radius 1 is 1.21 bits per heavy atom. The number of nitrogens with one attached hydrogen (secondary N) is 1. The van der Waals surface area contributed by atoms with Gasteiger partial charge in [-0.25, -0.2) is 9.50 Å². The summed E-state index contributed by atoms with van der Waals surface area (Å²) < 4.78 is 7.57. The van der Waals surface area contributed by atoms with Gasteiger partial charge in [-0.3, -0.25) is 4.90 Å². The van der Waals surface area contributed by atoms with E-state index >= 15 is 0 Å². The van der Waals surface area contributed by atoms with Crippen molar-refractivity contribution in [1.82, 2.24) is 24.8 Å². The van der Waals surface area contributed by atoms with Crippen LogP contribution in [0.25, 0.3) is 5.65 Å². The summed E-state index contributed by atoms with van der Waals surface area (Å²) in [7, 11) is 0. The van der Waals surface area contributed by atoms with Gasteiger partial charge in [-0.1, -0.05) is 12.1 Å². The molecule has 1 unspecified atom stereocenters. The van der Waals surface area contributed by atoms with Gasteiger partial charge in [0.25, 0.3) is 0 Å². The van der Waals surface area contributed by atoms with Crippen LogP contribution in [0, 0.1) is 24.2 Å². The van der Waals surface area contributed by atoms with Crippen LogP contribution in [0.2, 0.25) is 0 Å². The van der Waals surface area contributed by atoms with Crippen molar-refractivity contribution in [3.63, 3.8) is 0 Å². The van der Waals surface area contributed by atoms with Crippen molar-refractivity contribution in [1.29, 1.82) is 5.26 Å². The highest BCUT2D eigenvalue weighted by Gasteiger charge is 2.25. The number of likely N-dealkylation sites (tertiary alicyclic amines) is 1. The molecule has 34 heavy (non-hydrogen) atoms. The lowest BCUT2D eigenvalue weighted by molar-refractivity contribution is 0.0662. The van der Waals surface area contributed by atoms with Gasteiger partial charge in [0, 0.05) is 50.5 Å². The zero-order valence-electron chi connectivity index (χ0n) is 20.0. The first-order chi connectivity index (χ1) is 16.7. The maximum Gasteiger partial charge on any atom is 0.159 e. The van der Waals surface area contributed by atoms with Crippen molar-refractivity contribution in [2.45, 2.75) is 51.6 Å². The van der Waals surface area contributed by atoms with Gasteiger partial charge >= 0.3 is 0 Å². The number of nitrogens with zero attached hydrogens (tertiary/aromatic N) is 5. The Morgan fingerprint density at radius 2 is 2.09 bits per heavy atom. The van der Waals surface area contributed by atoms with Crippen molar-refractivity contribution in [3.05, 3.63) is 64.6 Å². The minimum absolute atomic E-state index is 0.417. The van der Waals surface area contributed by atoms with E-state index in [0.29, 0.717) is 11.8 Å². The second-order valence-corrected chi connectivity index (χ2v) is 9.74. The van der Waals surface area contributed by atoms with Gasteiger partial charge < -0.3 is 10.1 Å². The Hall–Kier alpha value is -2.79. The van der Waals surface area contributed by atoms with E-state index in [2.05, 4.69) is 39.9 Å². The van der Waals surface area contributed by atoms with Crippen molar-refractivity contribution in [2.24, 2.45) is 5.92 Å². The molecule has 1 aromatic carbocycles. The Kier molecular flexibility index (Phi) is 7.19. The summed E-state index contributed by atoms with van der Waals surface area (Å²) in [5, 5.41) is 17.8. The number of aryl methyl sites for hydroxylation is 1. The Labute approximate surface area is 201 Å². The minimum atomic E-state index is 0.417. The second kappa shape index (κ2) is 10.6. The first-order valence-corrected chi connectivity index (χ1v) is 12.5. The van der Waals surface area contributed by atoms with E-state index in [9.17, 15) is 5.26 Å². The summed E-state index contributed by atoms with van der Waals surface area (Å²) in [6.07, 6.45) is 6.55. The smallest absolute Gasteiger partial charge is 0.159 e. The van der Waals surface area contributed by atoms with Crippen LogP contribution in [0.4, 0.5) is 0 Å². The van der Waals surface area contributed by atoms with Crippen LogP contribution in [0.1, 0.15) is 59.7 Å². The predicted molar refractivity (Wildman–Crippen MR) is 131 cm³/mol. The highest BCUT2D eigenvalue weighted by atomic mass is 16.5. The maximum atomic E-state index is 9.22. The molecule has 5 rings (SSSR count). The second-order valence-electron chi connectivity index (χ2n) is 9.74. The average molecular weight is 459 g/mol. The largest absolute Gasteiger partial charge is 0.381 e. The fourth-order valence-corrected chi connectivity index (χ4v) is 5.42. The maximum absolute atomic E-state index is 9.22. The zero-order chi connectivity index (χ0) is 23.3. The first kappa shape index (κ1) is 23.0. The first-order valence-electron chi connectivity index (χ1n) is 12.5. The van der Waals surface area contributed by atoms with Crippen molar-refractivity contribution in [2.75, 3.05) is 32.8 Å². The zero-order valence-corrected chi connectivity index (χ0v) is 20.0. The molecule has 0 aliphatic carbocycles. The fraction of sp³-hybridized carbons (Fsp3) is 0.519. The van der Waals surface area contributed by atoms with Crippen molar-refractivity contribution < 1.29 is 4.74 Å². The molecule has 1 N–H and O–H groups in total. The van der Waals surface area contributed by atoms with Crippen LogP contribution in [0.3, 0.4) is 0 Å². The number of ether oxygens (including phenoxy) is 1. The molecule has 178 valence electrons. The third kappa shape index (κ3) is 5.15. The number of nitriles is 1. The summed E-state index contributed by atoms with van der Waals surface area (Å²) in [5.74, 6) is 1.11. The summed E-state index contributed by atoms with van der Waals surface area (Å²) in [6, 6.07) is 12.4. The van der Waals surface area contributed by atoms with Gasteiger partial charge in [0.05, 0.1) is 23.0 Å². The van der Waals surface area contributed by atoms with Gasteiger partial charge in [0.1, 0.15) is 0 Å². The fourth-order valence-electron chi connectivity index (χ4n) is 5.42. The average Bonchev–Trinajstić information content (AvgIpc) is 3.20. The third-order valence-corrected chi connectivity index (χ3v) is 7.31. The Bertz CT molecular complexity index is 1160. The van der Waals surface area contributed by atoms with Crippen LogP contribution in [0.5, 0.6) is 0 Å². The van der Waals surface area contributed by atoms with E-state index in [1.54, 1.807) is 0 Å². The van der Waals surface area contributed by atoms with E-state index in [0.717, 1.165) is 88.5 Å². The molecule has 2 aliphatic rings. The van der Waals surface area contributed by atoms with E-state index in [-0.39, 0.29) is 0 Å². The molecule has 0 amide bonds. The number of hydrogen-bond donors (Lipinski definition) is 1. The third-order valence-electron chi connectivity index (χ3n) is 7.31. The molecule has 4 heterocycles. The molecule has 7 heteroatoms. The number of piperidine rings is 1. The molecule has 2 saturated heterocycles. The normalized spacial score (nSPS) is 19.9. The standard InChI is InChI=1S/C27H34N6O/c1-20-25(17-29-16-21-8-12-34-13-9-21)27-30-10-7-26(33(27)31-20)24-6-3-11-32(19-24)18-23-5-2-4-22(14-23)15-28/h2,4-5,7,10,14,21,24,29H,3,6,8-9,11-13,16-19H2,1H3. The molecular weight excluding hydrogens is 424 g/mol. The number of aromatic nitrogens is 3. The molecular formula is C27H34N6O. The molecule has 7 nitrogen and oxygen atoms in total. The van der Waals surface area contributed by atoms with Gasteiger partial charge in [0.2, 0.25) is 0 Å². The van der Waals surface area contributed by atoms with Crippen LogP contribution in [0.15, 0.2) is 36.5 Å². The molecule has 2 aliphatic heterocycles. The molecule has 1 atom stereocenters. The molecule has 0 saturated carbocycles. The lowest BCUT2D eigenvalue weighted by Crippen LogP contribution is -2.34. The molecule has 0 bridgehead atoms. The van der Waals surface area contributed by atoms with Crippen LogP contribution >= 0.6 is 0 Å². The van der Waals surface area contributed by atoms with Gasteiger partial charge in [0.15, 0.2) is 5.65 Å². The molecule has 0 spiro atoms. The van der Waals surface area contributed by atoms with E-state index in [1.807, 2.05) is 24.4 Å². The van der Waals surface area contributed by atoms with Crippen LogP contribution in [-0.4, -0.2) is 52.3 Å². The summed E-state index contributed by atoms with van der Waals surface area (Å²) >= 11 is 0. The monoisotopic (exact) mass is 458 g/mol. The van der Waals surface area contributed by atoms with E-state index in [4.69, 9.17) is 14.8 Å². The Morgan fingerprint density at radius 3 is 2.94 bits per heavy atom. The predicted octanol–water partition coefficient (Wildman–Crippen LogP) is 3.81. The number of fused-ring (bicyclic) bond motifs is 1. The minimum Gasteiger partial charge on any atom is -0.381 e. The molecule has 3 aromatic rings. The van der Waals surface area contributed by atoms with E-state index in [1.165, 1.54) is 16.8 Å². The highest BCUT2D eigenvalue weighted by molar-refractivity contribution is 5.50. The van der Waals surface area contributed by atoms with Crippen LogP contribution in [-0.2, 0) is 17.8 Å². The summed E-state index contributed by atoms with van der Waals surface area (Å²) in [4.78, 5) is 7.23. The van der Waals surface area contributed by atoms with Crippen molar-refractivity contribution >= 4 is 5.65 Å². The number of rotatable bonds is 7. The molecule has 2 fully saturated rings. The Balaban J connectivity index is 1.29. The van der Waals surface area contributed by atoms with Crippen molar-refractivity contribution in [3.8, 4) is 6.07 Å². The summed E-state index contributed by atoms with van der Waals surface area (Å²) in [6.45, 7) is 8.64. The van der Waals surface area contributed by atoms with Gasteiger partial charge in [-0.15, -0.1) is 0 Å². The van der Waals surface area contributed by atoms with Gasteiger partial charge in [-0.2, -0.15) is 10.4 Å². The SMILES string of the molecule is Cc1nn2c(C3CCCN(Cc4cccc(C#N)c4)C3)ccnc2c1CNCC1CCOCC1. The lowest BCUT2D eigenvalue weighted by Gasteiger charge is -2.33. The topological polar surface area (TPSA) is 78.5 Å². The van der Waals surface area contributed by atoms with E-state index < -0.39 is 0 Å². The summed E-state index contributed by atoms with van der Waals surface area (Å²) in [5.41, 5.74) is 6.42. The van der Waals surface area contributed by atoms with Gasteiger partial charge in [-0.05, 0) is 75.4 Å². The molecule has 0 radical (unpaired) electrons. The number of hydrogen-bond acceptors (Lipinski definition) is 6. The number of benzene rings is 1. The molecule has 2 aromatic heterocycles.